The molecule has 1 atom stereocenters. The topological polar surface area (TPSA) is 88.0 Å². The van der Waals surface area contributed by atoms with Crippen LogP contribution in [-0.2, 0) is 18.4 Å². The zero-order chi connectivity index (χ0) is 21.2. The Hall–Kier alpha value is -2.84. The van der Waals surface area contributed by atoms with E-state index < -0.39 is 0 Å². The summed E-state index contributed by atoms with van der Waals surface area (Å²) in [6, 6.07) is 3.89. The van der Waals surface area contributed by atoms with Crippen LogP contribution in [0.15, 0.2) is 30.7 Å². The third-order valence-electron chi connectivity index (χ3n) is 6.39. The number of hydrogen-bond acceptors (Lipinski definition) is 6. The molecular weight excluding hydrogens is 390 g/mol. The van der Waals surface area contributed by atoms with Crippen LogP contribution in [0.3, 0.4) is 0 Å². The zero-order valence-corrected chi connectivity index (χ0v) is 18.0. The molecule has 0 bridgehead atoms. The van der Waals surface area contributed by atoms with E-state index in [9.17, 15) is 4.79 Å². The lowest BCUT2D eigenvalue weighted by Gasteiger charge is -2.26. The predicted octanol–water partition coefficient (Wildman–Crippen LogP) is 2.71. The summed E-state index contributed by atoms with van der Waals surface area (Å²) in [5, 5.41) is 11.6. The van der Waals surface area contributed by atoms with Gasteiger partial charge in [0, 0.05) is 36.3 Å². The first-order chi connectivity index (χ1) is 15.2. The number of aryl methyl sites for hydroxylation is 1. The standard InChI is InChI=1S/C23H29N7O/c1-29-21(15-30-8-3-2-4-9-30)18(13-27-29)17-10-16-11-22(26-14-20(16)25-12-17)28-23(31)19-6-5-7-24-19/h10-14,19,24H,2-9,15H2,1H3,(H,26,28,31)/t19-/m1/s1. The van der Waals surface area contributed by atoms with Crippen molar-refractivity contribution in [2.75, 3.05) is 25.0 Å². The number of nitrogens with one attached hydrogen (secondary N) is 2. The number of anilines is 1. The van der Waals surface area contributed by atoms with Gasteiger partial charge in [-0.2, -0.15) is 5.10 Å². The Morgan fingerprint density at radius 3 is 2.81 bits per heavy atom. The first kappa shape index (κ1) is 20.1. The SMILES string of the molecule is Cn1ncc(-c2cnc3cnc(NC(=O)[C@H]4CCCN4)cc3c2)c1CN1CCCCC1. The minimum absolute atomic E-state index is 0.0236. The molecule has 0 spiro atoms. The number of carbonyl (C=O) groups is 1. The van der Waals surface area contributed by atoms with Gasteiger partial charge in [-0.3, -0.25) is 19.4 Å². The van der Waals surface area contributed by atoms with E-state index >= 15 is 0 Å². The van der Waals surface area contributed by atoms with Crippen molar-refractivity contribution < 1.29 is 4.79 Å². The molecule has 3 aromatic rings. The molecule has 0 saturated carbocycles. The fraction of sp³-hybridized carbons (Fsp3) is 0.478. The van der Waals surface area contributed by atoms with E-state index in [1.807, 2.05) is 30.2 Å². The first-order valence-corrected chi connectivity index (χ1v) is 11.2. The molecule has 0 unspecified atom stereocenters. The van der Waals surface area contributed by atoms with E-state index in [4.69, 9.17) is 0 Å². The third-order valence-corrected chi connectivity index (χ3v) is 6.39. The molecule has 2 saturated heterocycles. The maximum atomic E-state index is 12.4. The van der Waals surface area contributed by atoms with Gasteiger partial charge in [-0.05, 0) is 57.5 Å². The summed E-state index contributed by atoms with van der Waals surface area (Å²) in [5.74, 6) is 0.536. The van der Waals surface area contributed by atoms with Crippen LogP contribution >= 0.6 is 0 Å². The van der Waals surface area contributed by atoms with Gasteiger partial charge in [-0.1, -0.05) is 6.42 Å². The van der Waals surface area contributed by atoms with E-state index in [0.717, 1.165) is 61.1 Å². The lowest BCUT2D eigenvalue weighted by Crippen LogP contribution is -2.35. The van der Waals surface area contributed by atoms with Crippen LogP contribution in [0.5, 0.6) is 0 Å². The molecule has 0 aromatic carbocycles. The number of hydrogen-bond donors (Lipinski definition) is 2. The quantitative estimate of drug-likeness (QED) is 0.661. The lowest BCUT2D eigenvalue weighted by molar-refractivity contribution is -0.117. The van der Waals surface area contributed by atoms with Crippen molar-refractivity contribution in [1.82, 2.24) is 30.0 Å². The Balaban J connectivity index is 1.41. The number of fused-ring (bicyclic) bond motifs is 1. The van der Waals surface area contributed by atoms with Gasteiger partial charge in [-0.15, -0.1) is 0 Å². The monoisotopic (exact) mass is 419 g/mol. The molecule has 0 aliphatic carbocycles. The summed E-state index contributed by atoms with van der Waals surface area (Å²) < 4.78 is 1.97. The highest BCUT2D eigenvalue weighted by molar-refractivity contribution is 5.96. The second-order valence-electron chi connectivity index (χ2n) is 8.59. The molecule has 3 aromatic heterocycles. The van der Waals surface area contributed by atoms with Gasteiger partial charge in [0.25, 0.3) is 0 Å². The molecule has 31 heavy (non-hydrogen) atoms. The molecule has 8 heteroatoms. The van der Waals surface area contributed by atoms with Gasteiger partial charge in [0.1, 0.15) is 5.82 Å². The van der Waals surface area contributed by atoms with Gasteiger partial charge in [0.15, 0.2) is 0 Å². The molecule has 2 N–H and O–H groups in total. The van der Waals surface area contributed by atoms with Crippen molar-refractivity contribution in [1.29, 1.82) is 0 Å². The molecule has 2 aliphatic rings. The number of aromatic nitrogens is 4. The highest BCUT2D eigenvalue weighted by atomic mass is 16.2. The van der Waals surface area contributed by atoms with Crippen molar-refractivity contribution >= 4 is 22.6 Å². The maximum Gasteiger partial charge on any atom is 0.242 e. The molecule has 5 heterocycles. The van der Waals surface area contributed by atoms with Gasteiger partial charge in [-0.25, -0.2) is 4.98 Å². The second-order valence-corrected chi connectivity index (χ2v) is 8.59. The molecule has 8 nitrogen and oxygen atoms in total. The zero-order valence-electron chi connectivity index (χ0n) is 18.0. The summed E-state index contributed by atoms with van der Waals surface area (Å²) in [5.41, 5.74) is 4.16. The number of rotatable bonds is 5. The Bertz CT molecular complexity index is 1080. The van der Waals surface area contributed by atoms with Crippen molar-refractivity contribution in [3.05, 3.63) is 36.4 Å². The van der Waals surface area contributed by atoms with E-state index in [0.29, 0.717) is 5.82 Å². The van der Waals surface area contributed by atoms with Crippen molar-refractivity contribution in [2.24, 2.45) is 7.05 Å². The predicted molar refractivity (Wildman–Crippen MR) is 121 cm³/mol. The molecule has 2 aliphatic heterocycles. The van der Waals surface area contributed by atoms with Crippen LogP contribution in [0.25, 0.3) is 22.0 Å². The van der Waals surface area contributed by atoms with E-state index in [-0.39, 0.29) is 11.9 Å². The summed E-state index contributed by atoms with van der Waals surface area (Å²) in [7, 11) is 2.01. The number of piperidine rings is 1. The van der Waals surface area contributed by atoms with Crippen LogP contribution in [-0.4, -0.2) is 56.2 Å². The minimum Gasteiger partial charge on any atom is -0.309 e. The Labute approximate surface area is 182 Å². The second kappa shape index (κ2) is 8.72. The highest BCUT2D eigenvalue weighted by Crippen LogP contribution is 2.28. The molecule has 2 fully saturated rings. The highest BCUT2D eigenvalue weighted by Gasteiger charge is 2.22. The summed E-state index contributed by atoms with van der Waals surface area (Å²) in [4.78, 5) is 23.9. The third kappa shape index (κ3) is 4.31. The number of likely N-dealkylation sites (tertiary alicyclic amines) is 1. The fourth-order valence-electron chi connectivity index (χ4n) is 4.59. The van der Waals surface area contributed by atoms with E-state index in [1.54, 1.807) is 6.20 Å². The molecule has 0 radical (unpaired) electrons. The average Bonchev–Trinajstić information content (AvgIpc) is 3.45. The van der Waals surface area contributed by atoms with Crippen LogP contribution < -0.4 is 10.6 Å². The summed E-state index contributed by atoms with van der Waals surface area (Å²) in [6.07, 6.45) is 11.3. The first-order valence-electron chi connectivity index (χ1n) is 11.2. The molecule has 5 rings (SSSR count). The normalized spacial score (nSPS) is 19.7. The largest absolute Gasteiger partial charge is 0.309 e. The van der Waals surface area contributed by atoms with Crippen LogP contribution in [0.4, 0.5) is 5.82 Å². The fourth-order valence-corrected chi connectivity index (χ4v) is 4.59. The Kier molecular flexibility index (Phi) is 5.65. The number of nitrogens with zero attached hydrogens (tertiary/aromatic N) is 5. The van der Waals surface area contributed by atoms with Gasteiger partial charge < -0.3 is 10.6 Å². The number of pyridine rings is 2. The minimum atomic E-state index is -0.130. The van der Waals surface area contributed by atoms with Crippen molar-refractivity contribution in [3.63, 3.8) is 0 Å². The van der Waals surface area contributed by atoms with Gasteiger partial charge in [0.2, 0.25) is 5.91 Å². The summed E-state index contributed by atoms with van der Waals surface area (Å²) >= 11 is 0. The van der Waals surface area contributed by atoms with Crippen LogP contribution in [0, 0.1) is 0 Å². The maximum absolute atomic E-state index is 12.4. The van der Waals surface area contributed by atoms with E-state index in [1.165, 1.54) is 25.0 Å². The average molecular weight is 420 g/mol. The van der Waals surface area contributed by atoms with Gasteiger partial charge >= 0.3 is 0 Å². The number of amides is 1. The Morgan fingerprint density at radius 2 is 2.00 bits per heavy atom. The van der Waals surface area contributed by atoms with E-state index in [2.05, 4.69) is 36.7 Å². The Morgan fingerprint density at radius 1 is 1.13 bits per heavy atom. The smallest absolute Gasteiger partial charge is 0.242 e. The molecule has 162 valence electrons. The summed E-state index contributed by atoms with van der Waals surface area (Å²) in [6.45, 7) is 4.08. The molecular formula is C23H29N7O. The number of carbonyl (C=O) groups excluding carboxylic acids is 1. The lowest BCUT2D eigenvalue weighted by atomic mass is 10.1. The van der Waals surface area contributed by atoms with Crippen LogP contribution in [0.1, 0.15) is 37.8 Å². The van der Waals surface area contributed by atoms with Crippen molar-refractivity contribution in [2.45, 2.75) is 44.7 Å². The molecule has 1 amide bonds. The van der Waals surface area contributed by atoms with Crippen LogP contribution in [0.2, 0.25) is 0 Å². The van der Waals surface area contributed by atoms with Crippen molar-refractivity contribution in [3.8, 4) is 11.1 Å². The van der Waals surface area contributed by atoms with Gasteiger partial charge in [0.05, 0.1) is 29.6 Å².